The van der Waals surface area contributed by atoms with Crippen LogP contribution in [0.3, 0.4) is 0 Å². The van der Waals surface area contributed by atoms with Crippen molar-refractivity contribution in [3.63, 3.8) is 0 Å². The quantitative estimate of drug-likeness (QED) is 0.618. The first-order valence-electron chi connectivity index (χ1n) is 5.11. The van der Waals surface area contributed by atoms with Crippen LogP contribution in [0.15, 0.2) is 24.3 Å². The number of hydrogen-bond acceptors (Lipinski definition) is 2. The molecule has 0 saturated carbocycles. The minimum Gasteiger partial charge on any atom is -0.469 e. The summed E-state index contributed by atoms with van der Waals surface area (Å²) in [7, 11) is 0.914. The third kappa shape index (κ3) is 2.63. The molecule has 2 nitrogen and oxygen atoms in total. The van der Waals surface area contributed by atoms with Crippen LogP contribution in [0.25, 0.3) is 0 Å². The van der Waals surface area contributed by atoms with E-state index in [0.717, 1.165) is 13.2 Å². The van der Waals surface area contributed by atoms with Crippen molar-refractivity contribution >= 4 is 5.97 Å². The number of ether oxygens (including phenoxy) is 1. The molecule has 0 fully saturated rings. The summed E-state index contributed by atoms with van der Waals surface area (Å²) in [5, 5.41) is 0. The molecule has 0 heterocycles. The molecule has 0 bridgehead atoms. The van der Waals surface area contributed by atoms with E-state index in [1.54, 1.807) is 0 Å². The average Bonchev–Trinajstić information content (AvgIpc) is 2.27. The Morgan fingerprint density at radius 1 is 1.22 bits per heavy atom. The molecule has 100 valence electrons. The number of rotatable bonds is 3. The van der Waals surface area contributed by atoms with Gasteiger partial charge in [0.05, 0.1) is 13.5 Å². The molecule has 1 aromatic rings. The molecule has 1 rings (SSSR count). The van der Waals surface area contributed by atoms with Gasteiger partial charge in [-0.1, -0.05) is 24.3 Å². The number of aryl methyl sites for hydroxylation is 1. The zero-order valence-corrected chi connectivity index (χ0v) is 9.84. The van der Waals surface area contributed by atoms with Crippen molar-refractivity contribution in [2.75, 3.05) is 7.11 Å². The van der Waals surface area contributed by atoms with Gasteiger partial charge in [0.1, 0.15) is 0 Å². The molecule has 0 amide bonds. The van der Waals surface area contributed by atoms with Crippen LogP contribution in [0.2, 0.25) is 0 Å². The van der Waals surface area contributed by atoms with Crippen LogP contribution in [0, 0.1) is 6.92 Å². The van der Waals surface area contributed by atoms with E-state index >= 15 is 0 Å². The molecule has 6 heteroatoms. The van der Waals surface area contributed by atoms with Crippen molar-refractivity contribution in [2.24, 2.45) is 0 Å². The zero-order chi connectivity index (χ0) is 14.0. The number of hydrogen-bond donors (Lipinski definition) is 0. The van der Waals surface area contributed by atoms with Gasteiger partial charge in [-0.3, -0.25) is 4.79 Å². The fourth-order valence-electron chi connectivity index (χ4n) is 1.64. The highest BCUT2D eigenvalue weighted by atomic mass is 19.4. The van der Waals surface area contributed by atoms with E-state index in [4.69, 9.17) is 0 Å². The van der Waals surface area contributed by atoms with Crippen molar-refractivity contribution in [3.8, 4) is 0 Å². The Balaban J connectivity index is 3.30. The molecular formula is C12H12F4O2. The molecular weight excluding hydrogens is 252 g/mol. The third-order valence-corrected chi connectivity index (χ3v) is 2.64. The number of carbonyl (C=O) groups is 1. The van der Waals surface area contributed by atoms with Crippen LogP contribution in [-0.4, -0.2) is 19.3 Å². The van der Waals surface area contributed by atoms with Gasteiger partial charge in [0.15, 0.2) is 0 Å². The average molecular weight is 264 g/mol. The van der Waals surface area contributed by atoms with Gasteiger partial charge in [0.2, 0.25) is 5.67 Å². The van der Waals surface area contributed by atoms with E-state index in [2.05, 4.69) is 4.74 Å². The predicted octanol–water partition coefficient (Wildman–Crippen LogP) is 3.29. The molecule has 0 N–H and O–H groups in total. The van der Waals surface area contributed by atoms with E-state index in [-0.39, 0.29) is 5.56 Å². The van der Waals surface area contributed by atoms with Gasteiger partial charge in [-0.25, -0.2) is 4.39 Å². The Morgan fingerprint density at radius 2 is 1.78 bits per heavy atom. The lowest BCUT2D eigenvalue weighted by Crippen LogP contribution is -2.41. The monoisotopic (exact) mass is 264 g/mol. The summed E-state index contributed by atoms with van der Waals surface area (Å²) < 4.78 is 57.1. The second-order valence-corrected chi connectivity index (χ2v) is 3.87. The normalized spacial score (nSPS) is 15.0. The maximum Gasteiger partial charge on any atom is 0.427 e. The largest absolute Gasteiger partial charge is 0.469 e. The second kappa shape index (κ2) is 4.96. The first-order valence-corrected chi connectivity index (χ1v) is 5.11. The lowest BCUT2D eigenvalue weighted by Gasteiger charge is -2.28. The van der Waals surface area contributed by atoms with Crippen LogP contribution < -0.4 is 0 Å². The maximum atomic E-state index is 14.3. The number of esters is 1. The second-order valence-electron chi connectivity index (χ2n) is 3.87. The third-order valence-electron chi connectivity index (χ3n) is 2.64. The summed E-state index contributed by atoms with van der Waals surface area (Å²) in [4.78, 5) is 11.0. The molecule has 1 atom stereocenters. The SMILES string of the molecule is COC(=O)CC(F)(c1ccccc1C)C(F)(F)F. The molecule has 18 heavy (non-hydrogen) atoms. The molecule has 1 unspecified atom stereocenters. The fraction of sp³-hybridized carbons (Fsp3) is 0.417. The Labute approximate surface area is 102 Å². The molecule has 0 radical (unpaired) electrons. The highest BCUT2D eigenvalue weighted by Gasteiger charge is 2.59. The molecule has 0 aliphatic rings. The van der Waals surface area contributed by atoms with E-state index in [1.165, 1.54) is 25.1 Å². The number of alkyl halides is 4. The Bertz CT molecular complexity index is 442. The molecule has 0 spiro atoms. The lowest BCUT2D eigenvalue weighted by atomic mass is 9.88. The minimum absolute atomic E-state index is 0.126. The summed E-state index contributed by atoms with van der Waals surface area (Å²) in [5.41, 5.74) is -4.17. The highest BCUT2D eigenvalue weighted by molar-refractivity contribution is 5.71. The number of methoxy groups -OCH3 is 1. The zero-order valence-electron chi connectivity index (χ0n) is 9.84. The van der Waals surface area contributed by atoms with Gasteiger partial charge in [0.25, 0.3) is 0 Å². The van der Waals surface area contributed by atoms with Gasteiger partial charge < -0.3 is 4.74 Å². The van der Waals surface area contributed by atoms with Crippen molar-refractivity contribution in [1.82, 2.24) is 0 Å². The Morgan fingerprint density at radius 3 is 2.22 bits per heavy atom. The molecule has 0 saturated heterocycles. The van der Waals surface area contributed by atoms with Gasteiger partial charge in [0, 0.05) is 5.56 Å². The maximum absolute atomic E-state index is 14.3. The number of benzene rings is 1. The van der Waals surface area contributed by atoms with E-state index in [0.29, 0.717) is 0 Å². The summed E-state index contributed by atoms with van der Waals surface area (Å²) in [5.74, 6) is -1.25. The van der Waals surface area contributed by atoms with Crippen LogP contribution in [0.5, 0.6) is 0 Å². The topological polar surface area (TPSA) is 26.3 Å². The number of carbonyl (C=O) groups excluding carboxylic acids is 1. The predicted molar refractivity (Wildman–Crippen MR) is 56.7 cm³/mol. The van der Waals surface area contributed by atoms with Crippen molar-refractivity contribution in [2.45, 2.75) is 25.2 Å². The molecule has 0 aromatic heterocycles. The van der Waals surface area contributed by atoms with Crippen molar-refractivity contribution < 1.29 is 27.1 Å². The minimum atomic E-state index is -5.19. The smallest absolute Gasteiger partial charge is 0.427 e. The first kappa shape index (κ1) is 14.5. The fourth-order valence-corrected chi connectivity index (χ4v) is 1.64. The Hall–Kier alpha value is -1.59. The first-order chi connectivity index (χ1) is 8.22. The van der Waals surface area contributed by atoms with E-state index in [9.17, 15) is 22.4 Å². The summed E-state index contributed by atoms with van der Waals surface area (Å²) in [6.45, 7) is 1.35. The van der Waals surface area contributed by atoms with Gasteiger partial charge in [-0.15, -0.1) is 0 Å². The van der Waals surface area contributed by atoms with E-state index < -0.39 is 29.8 Å². The standard InChI is InChI=1S/C12H12F4O2/c1-8-5-3-4-6-9(8)11(13,12(14,15)16)7-10(17)18-2/h3-6H,7H2,1-2H3. The van der Waals surface area contributed by atoms with E-state index in [1.807, 2.05) is 0 Å². The Kier molecular flexibility index (Phi) is 3.98. The molecule has 1 aromatic carbocycles. The van der Waals surface area contributed by atoms with Crippen molar-refractivity contribution in [3.05, 3.63) is 35.4 Å². The lowest BCUT2D eigenvalue weighted by molar-refractivity contribution is -0.240. The summed E-state index contributed by atoms with van der Waals surface area (Å²) in [6, 6.07) is 5.16. The van der Waals surface area contributed by atoms with Crippen LogP contribution in [-0.2, 0) is 15.2 Å². The number of halogens is 4. The van der Waals surface area contributed by atoms with Gasteiger partial charge in [-0.05, 0) is 12.5 Å². The van der Waals surface area contributed by atoms with Crippen molar-refractivity contribution in [1.29, 1.82) is 0 Å². The van der Waals surface area contributed by atoms with Crippen LogP contribution in [0.4, 0.5) is 17.6 Å². The summed E-state index contributed by atoms with van der Waals surface area (Å²) in [6.07, 6.45) is -6.58. The molecule has 0 aliphatic heterocycles. The van der Waals surface area contributed by atoms with Gasteiger partial charge >= 0.3 is 12.1 Å². The highest BCUT2D eigenvalue weighted by Crippen LogP contribution is 2.46. The van der Waals surface area contributed by atoms with Gasteiger partial charge in [-0.2, -0.15) is 13.2 Å². The van der Waals surface area contributed by atoms with Crippen LogP contribution >= 0.6 is 0 Å². The summed E-state index contributed by atoms with van der Waals surface area (Å²) >= 11 is 0. The molecule has 0 aliphatic carbocycles. The van der Waals surface area contributed by atoms with Crippen LogP contribution in [0.1, 0.15) is 17.5 Å².